The maximum atomic E-state index is 11.4. The lowest BCUT2D eigenvalue weighted by atomic mass is 10.1. The monoisotopic (exact) mass is 299 g/mol. The number of nitrogens with two attached hydrogens (primary N) is 1. The zero-order chi connectivity index (χ0) is 14.8. The molecule has 3 N–H and O–H groups in total. The zero-order valence-corrected chi connectivity index (χ0v) is 12.3. The van der Waals surface area contributed by atoms with E-state index in [-0.39, 0.29) is 17.5 Å². The molecule has 1 heterocycles. The molecule has 6 heteroatoms. The van der Waals surface area contributed by atoms with Crippen LogP contribution < -0.4 is 10.5 Å². The van der Waals surface area contributed by atoms with Crippen molar-refractivity contribution in [2.45, 2.75) is 38.0 Å². The van der Waals surface area contributed by atoms with Crippen LogP contribution >= 0.6 is 0 Å². The van der Waals surface area contributed by atoms with Crippen LogP contribution in [0.25, 0.3) is 0 Å². The van der Waals surface area contributed by atoms with Gasteiger partial charge in [0.25, 0.3) is 0 Å². The minimum atomic E-state index is -3.18. The van der Waals surface area contributed by atoms with E-state index < -0.39 is 22.0 Å². The van der Waals surface area contributed by atoms with E-state index in [0.29, 0.717) is 5.75 Å². The average molecular weight is 299 g/mol. The van der Waals surface area contributed by atoms with Gasteiger partial charge in [0.1, 0.15) is 18.0 Å². The number of ether oxygens (including phenoxy) is 1. The van der Waals surface area contributed by atoms with Crippen LogP contribution in [0, 0.1) is 0 Å². The molecule has 1 saturated heterocycles. The molecule has 3 atom stereocenters. The van der Waals surface area contributed by atoms with Gasteiger partial charge in [-0.15, -0.1) is 0 Å². The molecule has 20 heavy (non-hydrogen) atoms. The molecule has 1 aliphatic rings. The van der Waals surface area contributed by atoms with Crippen molar-refractivity contribution in [3.8, 4) is 5.75 Å². The highest BCUT2D eigenvalue weighted by Gasteiger charge is 2.38. The summed E-state index contributed by atoms with van der Waals surface area (Å²) in [4.78, 5) is 0. The summed E-state index contributed by atoms with van der Waals surface area (Å²) < 4.78 is 28.3. The first kappa shape index (κ1) is 15.3. The van der Waals surface area contributed by atoms with Gasteiger partial charge in [0.05, 0.1) is 11.5 Å². The second-order valence-corrected chi connectivity index (χ2v) is 7.61. The fraction of sp³-hybridized carbons (Fsp3) is 0.571. The minimum Gasteiger partial charge on any atom is -0.487 e. The maximum Gasteiger partial charge on any atom is 0.156 e. The zero-order valence-electron chi connectivity index (χ0n) is 11.5. The number of aliphatic hydroxyl groups is 1. The normalized spacial score (nSPS) is 26.4. The van der Waals surface area contributed by atoms with Crippen LogP contribution in [0.1, 0.15) is 18.9 Å². The van der Waals surface area contributed by atoms with Crippen LogP contribution in [0.5, 0.6) is 5.75 Å². The lowest BCUT2D eigenvalue weighted by Crippen LogP contribution is -2.29. The van der Waals surface area contributed by atoms with Crippen molar-refractivity contribution in [3.63, 3.8) is 0 Å². The molecule has 1 aliphatic heterocycles. The van der Waals surface area contributed by atoms with Crippen LogP contribution in [0.4, 0.5) is 0 Å². The number of rotatable bonds is 5. The Balaban J connectivity index is 1.94. The maximum absolute atomic E-state index is 11.4. The lowest BCUT2D eigenvalue weighted by Gasteiger charge is -2.16. The number of hydrogen-bond acceptors (Lipinski definition) is 5. The average Bonchev–Trinajstić information content (AvgIpc) is 2.61. The summed E-state index contributed by atoms with van der Waals surface area (Å²) in [5.74, 6) is 0.237. The van der Waals surface area contributed by atoms with E-state index in [4.69, 9.17) is 10.5 Å². The summed E-state index contributed by atoms with van der Waals surface area (Å²) in [6.07, 6.45) is 0.200. The minimum absolute atomic E-state index is 0.124. The third kappa shape index (κ3) is 4.19. The molecule has 3 unspecified atom stereocenters. The molecule has 1 aromatic rings. The molecule has 0 aliphatic carbocycles. The molecule has 0 radical (unpaired) electrons. The third-order valence-electron chi connectivity index (χ3n) is 3.37. The first-order valence-electron chi connectivity index (χ1n) is 6.75. The molecular weight excluding hydrogens is 278 g/mol. The Hall–Kier alpha value is -1.11. The molecule has 0 saturated carbocycles. The number of hydrogen-bond donors (Lipinski definition) is 2. The molecule has 1 aromatic carbocycles. The number of sulfone groups is 1. The van der Waals surface area contributed by atoms with Gasteiger partial charge in [0.2, 0.25) is 0 Å². The van der Waals surface area contributed by atoms with E-state index >= 15 is 0 Å². The molecule has 0 aromatic heterocycles. The Kier molecular flexibility index (Phi) is 4.67. The summed E-state index contributed by atoms with van der Waals surface area (Å²) in [6.45, 7) is 1.97. The van der Waals surface area contributed by atoms with E-state index in [1.807, 2.05) is 19.1 Å². The van der Waals surface area contributed by atoms with Crippen LogP contribution in [-0.4, -0.2) is 43.3 Å². The predicted molar refractivity (Wildman–Crippen MR) is 77.5 cm³/mol. The van der Waals surface area contributed by atoms with Crippen molar-refractivity contribution < 1.29 is 18.3 Å². The first-order chi connectivity index (χ1) is 9.35. The number of aliphatic hydroxyl groups excluding tert-OH is 1. The molecule has 1 fully saturated rings. The van der Waals surface area contributed by atoms with Crippen LogP contribution in [-0.2, 0) is 16.3 Å². The van der Waals surface area contributed by atoms with Gasteiger partial charge < -0.3 is 15.6 Å². The summed E-state index contributed by atoms with van der Waals surface area (Å²) in [5, 5.41) is 9.67. The SMILES string of the molecule is CC(N)CCc1ccc(OC2CS(=O)(=O)CC2O)cc1. The van der Waals surface area contributed by atoms with Crippen molar-refractivity contribution in [1.82, 2.24) is 0 Å². The largest absolute Gasteiger partial charge is 0.487 e. The summed E-state index contributed by atoms with van der Waals surface area (Å²) >= 11 is 0. The topological polar surface area (TPSA) is 89.6 Å². The van der Waals surface area contributed by atoms with Gasteiger partial charge >= 0.3 is 0 Å². The van der Waals surface area contributed by atoms with Gasteiger partial charge in [0.15, 0.2) is 9.84 Å². The second-order valence-electron chi connectivity index (χ2n) is 5.46. The van der Waals surface area contributed by atoms with Crippen molar-refractivity contribution >= 4 is 9.84 Å². The Labute approximate surface area is 119 Å². The second kappa shape index (κ2) is 6.11. The molecule has 0 amide bonds. The number of benzene rings is 1. The van der Waals surface area contributed by atoms with Crippen molar-refractivity contribution in [3.05, 3.63) is 29.8 Å². The van der Waals surface area contributed by atoms with Gasteiger partial charge in [-0.2, -0.15) is 0 Å². The molecule has 0 bridgehead atoms. The fourth-order valence-electron chi connectivity index (χ4n) is 2.21. The summed E-state index contributed by atoms with van der Waals surface area (Å²) in [7, 11) is -3.18. The van der Waals surface area contributed by atoms with Crippen LogP contribution in [0.15, 0.2) is 24.3 Å². The molecule has 112 valence electrons. The first-order valence-corrected chi connectivity index (χ1v) is 8.57. The lowest BCUT2D eigenvalue weighted by molar-refractivity contribution is 0.0738. The summed E-state index contributed by atoms with van der Waals surface area (Å²) in [5.41, 5.74) is 6.87. The molecular formula is C14H21NO4S. The Morgan fingerprint density at radius 2 is 2.00 bits per heavy atom. The quantitative estimate of drug-likeness (QED) is 0.826. The van der Waals surface area contributed by atoms with Gasteiger partial charge in [0, 0.05) is 6.04 Å². The van der Waals surface area contributed by atoms with Crippen LogP contribution in [0.3, 0.4) is 0 Å². The van der Waals surface area contributed by atoms with Gasteiger partial charge in [-0.05, 0) is 37.5 Å². The van der Waals surface area contributed by atoms with Crippen molar-refractivity contribution in [2.24, 2.45) is 5.73 Å². The molecule has 2 rings (SSSR count). The van der Waals surface area contributed by atoms with Crippen molar-refractivity contribution in [2.75, 3.05) is 11.5 Å². The van der Waals surface area contributed by atoms with E-state index in [1.165, 1.54) is 0 Å². The third-order valence-corrected chi connectivity index (χ3v) is 5.06. The molecule has 0 spiro atoms. The van der Waals surface area contributed by atoms with E-state index in [1.54, 1.807) is 12.1 Å². The van der Waals surface area contributed by atoms with E-state index in [9.17, 15) is 13.5 Å². The fourth-order valence-corrected chi connectivity index (χ4v) is 3.88. The Morgan fingerprint density at radius 3 is 2.50 bits per heavy atom. The van der Waals surface area contributed by atoms with Crippen molar-refractivity contribution in [1.29, 1.82) is 0 Å². The predicted octanol–water partition coefficient (Wildman–Crippen LogP) is 0.503. The van der Waals surface area contributed by atoms with Gasteiger partial charge in [-0.3, -0.25) is 0 Å². The highest BCUT2D eigenvalue weighted by atomic mass is 32.2. The van der Waals surface area contributed by atoms with E-state index in [2.05, 4.69) is 0 Å². The van der Waals surface area contributed by atoms with Gasteiger partial charge in [-0.1, -0.05) is 12.1 Å². The van der Waals surface area contributed by atoms with Crippen LogP contribution in [0.2, 0.25) is 0 Å². The van der Waals surface area contributed by atoms with Gasteiger partial charge in [-0.25, -0.2) is 8.42 Å². The highest BCUT2D eigenvalue weighted by molar-refractivity contribution is 7.91. The smallest absolute Gasteiger partial charge is 0.156 e. The Bertz CT molecular complexity index is 539. The number of aryl methyl sites for hydroxylation is 1. The molecule has 5 nitrogen and oxygen atoms in total. The standard InChI is InChI=1S/C14H21NO4S/c1-10(15)2-3-11-4-6-12(7-5-11)19-14-9-20(17,18)8-13(14)16/h4-7,10,13-14,16H,2-3,8-9,15H2,1H3. The highest BCUT2D eigenvalue weighted by Crippen LogP contribution is 2.21. The van der Waals surface area contributed by atoms with E-state index in [0.717, 1.165) is 18.4 Å². The summed E-state index contributed by atoms with van der Waals surface area (Å²) in [6, 6.07) is 7.65. The Morgan fingerprint density at radius 1 is 1.35 bits per heavy atom.